The summed E-state index contributed by atoms with van der Waals surface area (Å²) in [6.07, 6.45) is 3.58. The van der Waals surface area contributed by atoms with E-state index in [1.165, 1.54) is 25.3 Å². The van der Waals surface area contributed by atoms with Gasteiger partial charge in [0.15, 0.2) is 3.78 Å². The van der Waals surface area contributed by atoms with Crippen molar-refractivity contribution in [3.8, 4) is 0 Å². The summed E-state index contributed by atoms with van der Waals surface area (Å²) in [7, 11) is 1.27. The number of carboxylic acids is 1. The Labute approximate surface area is 93.9 Å². The number of rotatable bonds is 2. The second-order valence-corrected chi connectivity index (χ2v) is 5.07. The van der Waals surface area contributed by atoms with Gasteiger partial charge in [0.05, 0.1) is 5.57 Å². The van der Waals surface area contributed by atoms with E-state index in [1.54, 1.807) is 0 Å². The van der Waals surface area contributed by atoms with Crippen molar-refractivity contribution in [3.63, 3.8) is 0 Å². The summed E-state index contributed by atoms with van der Waals surface area (Å²) in [4.78, 5) is 10.6. The number of hydrogen-bond acceptors (Lipinski definition) is 3. The van der Waals surface area contributed by atoms with Gasteiger partial charge in [-0.15, -0.1) is 0 Å². The molecule has 1 aliphatic rings. The first-order valence-electron chi connectivity index (χ1n) is 3.63. The molecule has 78 valence electrons. The number of aliphatic carboxylic acids is 1. The third kappa shape index (κ3) is 1.86. The minimum atomic E-state index is -1.76. The van der Waals surface area contributed by atoms with Crippen molar-refractivity contribution in [1.29, 1.82) is 0 Å². The maximum atomic E-state index is 10.6. The topological polar surface area (TPSA) is 66.8 Å². The summed E-state index contributed by atoms with van der Waals surface area (Å²) in [5.41, 5.74) is -0.0152. The Morgan fingerprint density at radius 2 is 2.29 bits per heavy atom. The lowest BCUT2D eigenvalue weighted by Gasteiger charge is -2.35. The fourth-order valence-electron chi connectivity index (χ4n) is 0.998. The molecule has 2 N–H and O–H groups in total. The van der Waals surface area contributed by atoms with Gasteiger partial charge < -0.3 is 14.9 Å². The van der Waals surface area contributed by atoms with E-state index in [9.17, 15) is 9.90 Å². The van der Waals surface area contributed by atoms with Crippen molar-refractivity contribution in [1.82, 2.24) is 0 Å². The summed E-state index contributed by atoms with van der Waals surface area (Å²) >= 11 is 8.85. The zero-order chi connectivity index (χ0) is 11.0. The molecule has 0 aromatic carbocycles. The second-order valence-electron chi connectivity index (χ2n) is 2.76. The van der Waals surface area contributed by atoms with E-state index >= 15 is 0 Å². The first-order valence-corrected chi connectivity index (χ1v) is 4.80. The largest absolute Gasteiger partial charge is 0.478 e. The van der Waals surface area contributed by atoms with Gasteiger partial charge in [-0.25, -0.2) is 4.79 Å². The van der Waals surface area contributed by atoms with Crippen molar-refractivity contribution in [2.45, 2.75) is 9.57 Å². The fourth-order valence-corrected chi connectivity index (χ4v) is 1.80. The molecule has 0 heterocycles. The smallest absolute Gasteiger partial charge is 0.335 e. The monoisotopic (exact) mass is 282 g/mol. The maximum absolute atomic E-state index is 10.6. The van der Waals surface area contributed by atoms with Gasteiger partial charge in [0.25, 0.3) is 0 Å². The van der Waals surface area contributed by atoms with Crippen LogP contribution in [0.25, 0.3) is 0 Å². The summed E-state index contributed by atoms with van der Waals surface area (Å²) in [6, 6.07) is 0. The van der Waals surface area contributed by atoms with Crippen LogP contribution in [0.5, 0.6) is 0 Å². The van der Waals surface area contributed by atoms with Crippen LogP contribution in [0.1, 0.15) is 0 Å². The lowest BCUT2D eigenvalue weighted by atomic mass is 10.0. The van der Waals surface area contributed by atoms with Crippen LogP contribution in [0, 0.1) is 0 Å². The van der Waals surface area contributed by atoms with Crippen LogP contribution in [0.15, 0.2) is 23.8 Å². The molecule has 2 unspecified atom stereocenters. The number of aliphatic hydroxyl groups is 1. The molecule has 0 spiro atoms. The first-order chi connectivity index (χ1) is 6.32. The van der Waals surface area contributed by atoms with Crippen molar-refractivity contribution >= 4 is 33.5 Å². The van der Waals surface area contributed by atoms with Crippen LogP contribution in [-0.2, 0) is 9.53 Å². The Morgan fingerprint density at radius 1 is 1.71 bits per heavy atom. The molecule has 6 heteroatoms. The van der Waals surface area contributed by atoms with Crippen molar-refractivity contribution < 1.29 is 19.7 Å². The second kappa shape index (κ2) is 3.66. The van der Waals surface area contributed by atoms with Crippen LogP contribution >= 0.6 is 27.5 Å². The van der Waals surface area contributed by atoms with E-state index in [2.05, 4.69) is 15.9 Å². The highest BCUT2D eigenvalue weighted by molar-refractivity contribution is 9.10. The SMILES string of the molecule is COC1(O)C=CC(C(=O)O)=CC1(Cl)Br. The van der Waals surface area contributed by atoms with Crippen LogP contribution in [0.3, 0.4) is 0 Å². The van der Waals surface area contributed by atoms with E-state index in [1.807, 2.05) is 0 Å². The Hall–Kier alpha value is -0.360. The van der Waals surface area contributed by atoms with Crippen molar-refractivity contribution in [2.24, 2.45) is 0 Å². The maximum Gasteiger partial charge on any atom is 0.335 e. The van der Waals surface area contributed by atoms with Gasteiger partial charge >= 0.3 is 5.97 Å². The zero-order valence-electron chi connectivity index (χ0n) is 7.20. The average molecular weight is 284 g/mol. The minimum absolute atomic E-state index is 0.0152. The number of alkyl halides is 2. The molecule has 0 amide bonds. The summed E-state index contributed by atoms with van der Waals surface area (Å²) in [5, 5.41) is 18.5. The predicted molar refractivity (Wildman–Crippen MR) is 54.3 cm³/mol. The summed E-state index contributed by atoms with van der Waals surface area (Å²) < 4.78 is 3.30. The molecular formula is C8H8BrClO4. The van der Waals surface area contributed by atoms with E-state index in [-0.39, 0.29) is 5.57 Å². The number of hydrogen-bond donors (Lipinski definition) is 2. The van der Waals surface area contributed by atoms with Crippen LogP contribution in [-0.4, -0.2) is 32.9 Å². The third-order valence-corrected chi connectivity index (χ3v) is 3.04. The van der Waals surface area contributed by atoms with E-state index in [4.69, 9.17) is 21.4 Å². The molecule has 0 radical (unpaired) electrons. The lowest BCUT2D eigenvalue weighted by Crippen LogP contribution is -2.46. The molecule has 0 bridgehead atoms. The molecular weight excluding hydrogens is 275 g/mol. The van der Waals surface area contributed by atoms with E-state index in [0.717, 1.165) is 0 Å². The Morgan fingerprint density at radius 3 is 2.64 bits per heavy atom. The van der Waals surface area contributed by atoms with Crippen LogP contribution in [0.4, 0.5) is 0 Å². The number of ether oxygens (including phenoxy) is 1. The predicted octanol–water partition coefficient (Wildman–Crippen LogP) is 1.23. The fraction of sp³-hybridized carbons (Fsp3) is 0.375. The molecule has 0 aromatic heterocycles. The number of halogens is 2. The Bertz CT molecular complexity index is 323. The van der Waals surface area contributed by atoms with Gasteiger partial charge in [-0.05, 0) is 18.2 Å². The highest BCUT2D eigenvalue weighted by Crippen LogP contribution is 2.42. The van der Waals surface area contributed by atoms with Gasteiger partial charge in [0, 0.05) is 7.11 Å². The Kier molecular flexibility index (Phi) is 3.06. The van der Waals surface area contributed by atoms with Gasteiger partial charge in [-0.1, -0.05) is 27.5 Å². The lowest BCUT2D eigenvalue weighted by molar-refractivity contribution is -0.146. The van der Waals surface area contributed by atoms with Gasteiger partial charge in [0.2, 0.25) is 5.79 Å². The number of methoxy groups -OCH3 is 1. The molecule has 0 aliphatic heterocycles. The van der Waals surface area contributed by atoms with Gasteiger partial charge in [0.1, 0.15) is 0 Å². The Balaban J connectivity index is 3.10. The molecule has 1 aliphatic carbocycles. The summed E-state index contributed by atoms with van der Waals surface area (Å²) in [6.45, 7) is 0. The standard InChI is InChI=1S/C8H8BrClO4/c1-14-8(13)3-2-5(6(11)12)4-7(8,9)10/h2-4,13H,1H3,(H,11,12). The third-order valence-electron chi connectivity index (χ3n) is 1.86. The molecule has 0 saturated heterocycles. The number of carbonyl (C=O) groups is 1. The molecule has 14 heavy (non-hydrogen) atoms. The highest BCUT2D eigenvalue weighted by atomic mass is 79.9. The van der Waals surface area contributed by atoms with E-state index < -0.39 is 15.5 Å². The number of carboxylic acid groups (broad SMARTS) is 1. The van der Waals surface area contributed by atoms with Crippen LogP contribution < -0.4 is 0 Å². The van der Waals surface area contributed by atoms with Crippen LogP contribution in [0.2, 0.25) is 0 Å². The molecule has 0 aromatic rings. The summed E-state index contributed by atoms with van der Waals surface area (Å²) in [5.74, 6) is -2.88. The first kappa shape index (κ1) is 11.7. The van der Waals surface area contributed by atoms with Crippen molar-refractivity contribution in [2.75, 3.05) is 7.11 Å². The quantitative estimate of drug-likeness (QED) is 0.591. The minimum Gasteiger partial charge on any atom is -0.478 e. The molecule has 4 nitrogen and oxygen atoms in total. The van der Waals surface area contributed by atoms with Gasteiger partial charge in [-0.3, -0.25) is 0 Å². The molecule has 0 saturated carbocycles. The van der Waals surface area contributed by atoms with E-state index in [0.29, 0.717) is 0 Å². The normalized spacial score (nSPS) is 36.7. The molecule has 2 atom stereocenters. The zero-order valence-corrected chi connectivity index (χ0v) is 9.54. The van der Waals surface area contributed by atoms with Gasteiger partial charge in [-0.2, -0.15) is 0 Å². The highest BCUT2D eigenvalue weighted by Gasteiger charge is 2.47. The molecule has 1 rings (SSSR count). The van der Waals surface area contributed by atoms with Crippen molar-refractivity contribution in [3.05, 3.63) is 23.8 Å². The molecule has 0 fully saturated rings. The average Bonchev–Trinajstić information content (AvgIpc) is 2.09.